The Morgan fingerprint density at radius 3 is 1.50 bits per heavy atom. The van der Waals surface area contributed by atoms with E-state index in [-0.39, 0.29) is 50.5 Å². The fourth-order valence-electron chi connectivity index (χ4n) is 4.68. The van der Waals surface area contributed by atoms with E-state index in [1.807, 2.05) is 0 Å². The Morgan fingerprint density at radius 2 is 1.11 bits per heavy atom. The van der Waals surface area contributed by atoms with Gasteiger partial charge in [0.25, 0.3) is 0 Å². The Morgan fingerprint density at radius 1 is 0.694 bits per heavy atom. The van der Waals surface area contributed by atoms with Crippen LogP contribution in [0, 0.1) is 0 Å². The molecule has 0 spiro atoms. The molecule has 11 heteroatoms. The Balaban J connectivity index is 1.64. The molecule has 3 rings (SSSR count). The second-order valence-electron chi connectivity index (χ2n) is 8.61. The molecule has 11 nitrogen and oxygen atoms in total. The second kappa shape index (κ2) is 14.1. The van der Waals surface area contributed by atoms with Crippen molar-refractivity contribution in [2.45, 2.75) is 94.8 Å². The predicted molar refractivity (Wildman–Crippen MR) is 122 cm³/mol. The number of hydrogen-bond donors (Lipinski definition) is 0. The van der Waals surface area contributed by atoms with Gasteiger partial charge in [-0.3, -0.25) is 0 Å². The molecular weight excluding hydrogens is 476 g/mol. The van der Waals surface area contributed by atoms with Crippen LogP contribution in [0.5, 0.6) is 0 Å². The topological polar surface area (TPSA) is 133 Å². The van der Waals surface area contributed by atoms with Gasteiger partial charge in [-0.2, -0.15) is 0 Å². The highest BCUT2D eigenvalue weighted by Crippen LogP contribution is 2.39. The maximum atomic E-state index is 11.5. The first kappa shape index (κ1) is 27.8. The lowest BCUT2D eigenvalue weighted by atomic mass is 9.85. The quantitative estimate of drug-likeness (QED) is 0.164. The lowest BCUT2D eigenvalue weighted by molar-refractivity contribution is -0.280. The van der Waals surface area contributed by atoms with E-state index in [4.69, 9.17) is 33.2 Å². The molecular formula is C25H34O11. The summed E-state index contributed by atoms with van der Waals surface area (Å²) in [6.45, 7) is 3.92. The molecule has 0 amide bonds. The maximum absolute atomic E-state index is 11.5. The van der Waals surface area contributed by atoms with E-state index in [1.54, 1.807) is 13.8 Å². The zero-order chi connectivity index (χ0) is 25.9. The zero-order valence-electron chi connectivity index (χ0n) is 20.5. The third-order valence-corrected chi connectivity index (χ3v) is 6.25. The van der Waals surface area contributed by atoms with Gasteiger partial charge in [0.2, 0.25) is 0 Å². The SMILES string of the molecule is CCOC(=O)/C=C/O[C@H]1C[C@H]2O[C@H]3C[C@@H](O/C=C/C(=O)OCC)[C@H](CC=O)O[C@@H]3C[C@@H]2O[C@@H]1CC=O. The molecule has 0 aliphatic carbocycles. The highest BCUT2D eigenvalue weighted by Gasteiger charge is 2.50. The molecule has 3 aliphatic heterocycles. The second-order valence-corrected chi connectivity index (χ2v) is 8.61. The number of hydrogen-bond acceptors (Lipinski definition) is 11. The summed E-state index contributed by atoms with van der Waals surface area (Å²) in [5, 5.41) is 0. The number of rotatable bonds is 12. The van der Waals surface area contributed by atoms with E-state index in [0.717, 1.165) is 12.6 Å². The molecule has 0 radical (unpaired) electrons. The number of ether oxygens (including phenoxy) is 7. The minimum Gasteiger partial charge on any atom is -0.495 e. The molecule has 0 aromatic rings. The van der Waals surface area contributed by atoms with Crippen LogP contribution in [0.25, 0.3) is 0 Å². The molecule has 3 aliphatic rings. The van der Waals surface area contributed by atoms with Gasteiger partial charge in [0.05, 0.1) is 62.3 Å². The van der Waals surface area contributed by atoms with Gasteiger partial charge in [0.15, 0.2) is 0 Å². The number of carbonyl (C=O) groups is 4. The van der Waals surface area contributed by atoms with E-state index in [9.17, 15) is 19.2 Å². The lowest BCUT2D eigenvalue weighted by Crippen LogP contribution is -2.60. The van der Waals surface area contributed by atoms with Crippen LogP contribution >= 0.6 is 0 Å². The van der Waals surface area contributed by atoms with Crippen molar-refractivity contribution in [3.05, 3.63) is 24.7 Å². The van der Waals surface area contributed by atoms with Crippen LogP contribution in [0.1, 0.15) is 46.0 Å². The minimum absolute atomic E-state index is 0.132. The van der Waals surface area contributed by atoms with Crippen molar-refractivity contribution >= 4 is 24.5 Å². The summed E-state index contributed by atoms with van der Waals surface area (Å²) >= 11 is 0. The van der Waals surface area contributed by atoms with Gasteiger partial charge >= 0.3 is 11.9 Å². The molecule has 0 aromatic carbocycles. The summed E-state index contributed by atoms with van der Waals surface area (Å²) in [5.41, 5.74) is 0. The highest BCUT2D eigenvalue weighted by molar-refractivity contribution is 5.81. The van der Waals surface area contributed by atoms with Gasteiger partial charge in [0.1, 0.15) is 37.0 Å². The smallest absolute Gasteiger partial charge is 0.333 e. The van der Waals surface area contributed by atoms with Gasteiger partial charge in [-0.25, -0.2) is 9.59 Å². The molecule has 36 heavy (non-hydrogen) atoms. The van der Waals surface area contributed by atoms with Crippen LogP contribution in [-0.4, -0.2) is 86.6 Å². The summed E-state index contributed by atoms with van der Waals surface area (Å²) in [7, 11) is 0. The Hall–Kier alpha value is -2.76. The van der Waals surface area contributed by atoms with Crippen LogP contribution in [-0.2, 0) is 52.3 Å². The van der Waals surface area contributed by atoms with Gasteiger partial charge in [-0.15, -0.1) is 0 Å². The molecule has 0 aromatic heterocycles. The van der Waals surface area contributed by atoms with Gasteiger partial charge in [-0.1, -0.05) is 0 Å². The Kier molecular flexibility index (Phi) is 10.9. The van der Waals surface area contributed by atoms with Crippen LogP contribution in [0.3, 0.4) is 0 Å². The first-order valence-corrected chi connectivity index (χ1v) is 12.3. The van der Waals surface area contributed by atoms with E-state index < -0.39 is 36.4 Å². The third-order valence-electron chi connectivity index (χ3n) is 6.25. The average Bonchev–Trinajstić information content (AvgIpc) is 2.84. The predicted octanol–water partition coefficient (Wildman–Crippen LogP) is 1.56. The summed E-state index contributed by atoms with van der Waals surface area (Å²) in [6, 6.07) is 0. The minimum atomic E-state index is -0.525. The molecule has 3 heterocycles. The van der Waals surface area contributed by atoms with Crippen molar-refractivity contribution in [2.24, 2.45) is 0 Å². The third kappa shape index (κ3) is 7.62. The van der Waals surface area contributed by atoms with Crippen molar-refractivity contribution in [1.82, 2.24) is 0 Å². The normalized spacial score (nSPS) is 33.8. The monoisotopic (exact) mass is 510 g/mol. The van der Waals surface area contributed by atoms with Crippen LogP contribution in [0.2, 0.25) is 0 Å². The summed E-state index contributed by atoms with van der Waals surface area (Å²) in [6.07, 6.45) is 4.82. The molecule has 200 valence electrons. The molecule has 3 fully saturated rings. The first-order chi connectivity index (χ1) is 17.5. The molecule has 0 unspecified atom stereocenters. The zero-order valence-corrected chi connectivity index (χ0v) is 20.5. The molecule has 0 N–H and O–H groups in total. The molecule has 8 atom stereocenters. The summed E-state index contributed by atoms with van der Waals surface area (Å²) < 4.78 is 39.8. The highest BCUT2D eigenvalue weighted by atomic mass is 16.6. The van der Waals surface area contributed by atoms with Gasteiger partial charge in [0, 0.05) is 32.1 Å². The molecule has 0 saturated carbocycles. The number of carbonyl (C=O) groups excluding carboxylic acids is 4. The van der Waals surface area contributed by atoms with E-state index in [0.29, 0.717) is 19.3 Å². The molecule has 0 bridgehead atoms. The van der Waals surface area contributed by atoms with Crippen LogP contribution in [0.4, 0.5) is 0 Å². The van der Waals surface area contributed by atoms with Crippen molar-refractivity contribution in [3.63, 3.8) is 0 Å². The standard InChI is InChI=1S/C25H34O11/c1-3-30-24(28)7-11-32-18-13-20-22(34-16(18)5-9-26)15-23-21(36-20)14-19(17(35-23)6-10-27)33-12-8-25(29)31-4-2/h7-12,16-23H,3-6,13-15H2,1-2H3/b11-7+,12-8+/t16-,17+,18+,19-,20-,21+,22+,23-. The van der Waals surface area contributed by atoms with Crippen molar-refractivity contribution in [1.29, 1.82) is 0 Å². The largest absolute Gasteiger partial charge is 0.495 e. The van der Waals surface area contributed by atoms with Crippen molar-refractivity contribution in [3.8, 4) is 0 Å². The van der Waals surface area contributed by atoms with Crippen LogP contribution in [0.15, 0.2) is 24.7 Å². The maximum Gasteiger partial charge on any atom is 0.333 e. The summed E-state index contributed by atoms with van der Waals surface area (Å²) in [4.78, 5) is 45.5. The lowest BCUT2D eigenvalue weighted by Gasteiger charge is -2.50. The number of aldehydes is 2. The first-order valence-electron chi connectivity index (χ1n) is 12.3. The van der Waals surface area contributed by atoms with Gasteiger partial charge in [-0.05, 0) is 13.8 Å². The average molecular weight is 511 g/mol. The Bertz CT molecular complexity index is 746. The van der Waals surface area contributed by atoms with E-state index in [1.165, 1.54) is 24.7 Å². The fourth-order valence-corrected chi connectivity index (χ4v) is 4.68. The Labute approximate surface area is 210 Å². The van der Waals surface area contributed by atoms with Crippen LogP contribution < -0.4 is 0 Å². The van der Waals surface area contributed by atoms with Crippen molar-refractivity contribution < 1.29 is 52.3 Å². The summed E-state index contributed by atoms with van der Waals surface area (Å²) in [5.74, 6) is -1.05. The van der Waals surface area contributed by atoms with Gasteiger partial charge < -0.3 is 42.7 Å². The van der Waals surface area contributed by atoms with E-state index >= 15 is 0 Å². The van der Waals surface area contributed by atoms with Crippen molar-refractivity contribution in [2.75, 3.05) is 13.2 Å². The fraction of sp³-hybridized carbons (Fsp3) is 0.680. The number of fused-ring (bicyclic) bond motifs is 2. The molecule has 3 saturated heterocycles. The number of esters is 2. The van der Waals surface area contributed by atoms with E-state index in [2.05, 4.69) is 0 Å².